The third-order valence-electron chi connectivity index (χ3n) is 5.23. The van der Waals surface area contributed by atoms with Gasteiger partial charge in [0.2, 0.25) is 0 Å². The Morgan fingerprint density at radius 3 is 2.29 bits per heavy atom. The molecular formula is C24H36. The van der Waals surface area contributed by atoms with Crippen molar-refractivity contribution in [2.75, 3.05) is 0 Å². The number of allylic oxidation sites excluding steroid dienone is 5. The largest absolute Gasteiger partial charge is 0.0988 e. The second-order valence-electron chi connectivity index (χ2n) is 7.06. The van der Waals surface area contributed by atoms with Gasteiger partial charge in [-0.2, -0.15) is 0 Å². The molecule has 0 heterocycles. The number of hydrogen-bond acceptors (Lipinski definition) is 0. The van der Waals surface area contributed by atoms with E-state index in [0.29, 0.717) is 5.92 Å². The first kappa shape index (κ1) is 20.5. The van der Waals surface area contributed by atoms with Crippen LogP contribution in [-0.4, -0.2) is 0 Å². The van der Waals surface area contributed by atoms with Crippen LogP contribution in [0.25, 0.3) is 0 Å². The van der Waals surface area contributed by atoms with Gasteiger partial charge in [0.1, 0.15) is 0 Å². The maximum absolute atomic E-state index is 3.86. The topological polar surface area (TPSA) is 0 Å². The Hall–Kier alpha value is -1.56. The van der Waals surface area contributed by atoms with E-state index in [1.165, 1.54) is 43.2 Å². The Morgan fingerprint density at radius 2 is 1.79 bits per heavy atom. The van der Waals surface area contributed by atoms with E-state index < -0.39 is 0 Å². The first-order valence-corrected chi connectivity index (χ1v) is 9.62. The standard InChI is InChI=1S/C15H18.C9H18/c1-4-6-10-14(5-2)13(3)15-11-8-7-9-12-15;1-3-9-6-4-8(2)5-7-9/h4-13H,2H2,1,3H3;8-9H,3-7H2,1-2H3/b6-4-,14-10+;. The smallest absolute Gasteiger partial charge is 0.00607 e. The van der Waals surface area contributed by atoms with E-state index in [1.54, 1.807) is 0 Å². The Labute approximate surface area is 150 Å². The molecule has 0 bridgehead atoms. The Morgan fingerprint density at radius 1 is 1.17 bits per heavy atom. The summed E-state index contributed by atoms with van der Waals surface area (Å²) in [5, 5.41) is 0. The quantitative estimate of drug-likeness (QED) is 0.487. The third-order valence-corrected chi connectivity index (χ3v) is 5.23. The van der Waals surface area contributed by atoms with Gasteiger partial charge in [-0.1, -0.05) is 114 Å². The van der Waals surface area contributed by atoms with Crippen molar-refractivity contribution < 1.29 is 0 Å². The molecule has 0 aliphatic heterocycles. The summed E-state index contributed by atoms with van der Waals surface area (Å²) in [7, 11) is 0. The molecule has 2 rings (SSSR count). The molecule has 0 amide bonds. The van der Waals surface area contributed by atoms with E-state index in [1.807, 2.05) is 25.1 Å². The van der Waals surface area contributed by atoms with E-state index in [-0.39, 0.29) is 0 Å². The van der Waals surface area contributed by atoms with Crippen molar-refractivity contribution in [2.24, 2.45) is 11.8 Å². The molecule has 0 heteroatoms. The van der Waals surface area contributed by atoms with Gasteiger partial charge in [0.25, 0.3) is 0 Å². The highest BCUT2D eigenvalue weighted by Crippen LogP contribution is 2.29. The molecular weight excluding hydrogens is 288 g/mol. The molecule has 1 aromatic carbocycles. The summed E-state index contributed by atoms with van der Waals surface area (Å²) < 4.78 is 0. The van der Waals surface area contributed by atoms with Crippen LogP contribution in [0.1, 0.15) is 71.3 Å². The molecule has 1 aromatic rings. The van der Waals surface area contributed by atoms with Gasteiger partial charge in [0, 0.05) is 5.92 Å². The summed E-state index contributed by atoms with van der Waals surface area (Å²) in [4.78, 5) is 0. The average molecular weight is 325 g/mol. The lowest BCUT2D eigenvalue weighted by atomic mass is 9.82. The second kappa shape index (κ2) is 11.9. The summed E-state index contributed by atoms with van der Waals surface area (Å²) >= 11 is 0. The molecule has 24 heavy (non-hydrogen) atoms. The minimum atomic E-state index is 0.403. The van der Waals surface area contributed by atoms with Gasteiger partial charge in [-0.15, -0.1) is 0 Å². The summed E-state index contributed by atoms with van der Waals surface area (Å²) in [5.41, 5.74) is 2.58. The van der Waals surface area contributed by atoms with Crippen LogP contribution in [0.4, 0.5) is 0 Å². The van der Waals surface area contributed by atoms with Crippen LogP contribution < -0.4 is 0 Å². The van der Waals surface area contributed by atoms with Gasteiger partial charge in [0.15, 0.2) is 0 Å². The zero-order valence-corrected chi connectivity index (χ0v) is 16.2. The fraction of sp³-hybridized carbons (Fsp3) is 0.500. The summed E-state index contributed by atoms with van der Waals surface area (Å²) in [6.07, 6.45) is 15.5. The van der Waals surface area contributed by atoms with Crippen LogP contribution in [0.15, 0.2) is 66.8 Å². The molecule has 0 aromatic heterocycles. The van der Waals surface area contributed by atoms with Crippen molar-refractivity contribution in [1.82, 2.24) is 0 Å². The van der Waals surface area contributed by atoms with Crippen LogP contribution in [0.5, 0.6) is 0 Å². The average Bonchev–Trinajstić information content (AvgIpc) is 2.64. The molecule has 0 radical (unpaired) electrons. The lowest BCUT2D eigenvalue weighted by Crippen LogP contribution is -2.10. The van der Waals surface area contributed by atoms with Crippen LogP contribution in [0, 0.1) is 11.8 Å². The zero-order chi connectivity index (χ0) is 17.8. The fourth-order valence-corrected chi connectivity index (χ4v) is 3.27. The molecule has 0 saturated heterocycles. The molecule has 1 aliphatic rings. The maximum atomic E-state index is 3.86. The maximum Gasteiger partial charge on any atom is 0.00607 e. The van der Waals surface area contributed by atoms with Gasteiger partial charge >= 0.3 is 0 Å². The predicted octanol–water partition coefficient (Wildman–Crippen LogP) is 7.70. The van der Waals surface area contributed by atoms with E-state index in [4.69, 9.17) is 0 Å². The monoisotopic (exact) mass is 324 g/mol. The van der Waals surface area contributed by atoms with E-state index >= 15 is 0 Å². The van der Waals surface area contributed by atoms with E-state index in [2.05, 4.69) is 63.8 Å². The van der Waals surface area contributed by atoms with E-state index in [0.717, 1.165) is 11.8 Å². The van der Waals surface area contributed by atoms with Crippen LogP contribution in [0.3, 0.4) is 0 Å². The first-order valence-electron chi connectivity index (χ1n) is 9.62. The highest BCUT2D eigenvalue weighted by Gasteiger charge is 2.15. The zero-order valence-electron chi connectivity index (χ0n) is 16.2. The fourth-order valence-electron chi connectivity index (χ4n) is 3.27. The second-order valence-corrected chi connectivity index (χ2v) is 7.06. The highest BCUT2D eigenvalue weighted by molar-refractivity contribution is 5.35. The Kier molecular flexibility index (Phi) is 10.2. The molecule has 0 N–H and O–H groups in total. The van der Waals surface area contributed by atoms with Gasteiger partial charge in [-0.25, -0.2) is 0 Å². The van der Waals surface area contributed by atoms with Gasteiger partial charge < -0.3 is 0 Å². The van der Waals surface area contributed by atoms with Gasteiger partial charge in [-0.3, -0.25) is 0 Å². The van der Waals surface area contributed by atoms with Crippen LogP contribution in [0.2, 0.25) is 0 Å². The predicted molar refractivity (Wildman–Crippen MR) is 109 cm³/mol. The van der Waals surface area contributed by atoms with Crippen molar-refractivity contribution in [3.05, 3.63) is 72.4 Å². The molecule has 1 fully saturated rings. The van der Waals surface area contributed by atoms with E-state index in [9.17, 15) is 0 Å². The van der Waals surface area contributed by atoms with Crippen LogP contribution >= 0.6 is 0 Å². The normalized spacial score (nSPS) is 22.6. The highest BCUT2D eigenvalue weighted by atomic mass is 14.2. The summed E-state index contributed by atoms with van der Waals surface area (Å²) in [5.74, 6) is 2.49. The third kappa shape index (κ3) is 7.34. The lowest BCUT2D eigenvalue weighted by Gasteiger charge is -2.24. The molecule has 1 saturated carbocycles. The van der Waals surface area contributed by atoms with Crippen molar-refractivity contribution in [3.63, 3.8) is 0 Å². The van der Waals surface area contributed by atoms with Gasteiger partial charge in [-0.05, 0) is 29.9 Å². The molecule has 0 spiro atoms. The van der Waals surface area contributed by atoms with Crippen molar-refractivity contribution in [3.8, 4) is 0 Å². The lowest BCUT2D eigenvalue weighted by molar-refractivity contribution is 0.284. The van der Waals surface area contributed by atoms with Crippen molar-refractivity contribution in [1.29, 1.82) is 0 Å². The van der Waals surface area contributed by atoms with Gasteiger partial charge in [0.05, 0.1) is 0 Å². The van der Waals surface area contributed by atoms with Crippen LogP contribution in [-0.2, 0) is 0 Å². The minimum absolute atomic E-state index is 0.403. The molecule has 0 nitrogen and oxygen atoms in total. The number of rotatable bonds is 5. The SMILES string of the molecule is C=C/C(=C\C=C/C)C(C)c1ccccc1.CCC1CCC(C)CC1. The number of benzene rings is 1. The minimum Gasteiger partial charge on any atom is -0.0988 e. The van der Waals surface area contributed by atoms with Crippen molar-refractivity contribution >= 4 is 0 Å². The molecule has 1 atom stereocenters. The summed E-state index contributed by atoms with van der Waals surface area (Å²) in [6.45, 7) is 12.8. The molecule has 132 valence electrons. The Balaban J connectivity index is 0.000000272. The summed E-state index contributed by atoms with van der Waals surface area (Å²) in [6, 6.07) is 10.5. The number of hydrogen-bond donors (Lipinski definition) is 0. The molecule has 1 aliphatic carbocycles. The first-order chi connectivity index (χ1) is 11.6. The molecule has 1 unspecified atom stereocenters. The van der Waals surface area contributed by atoms with Crippen molar-refractivity contribution in [2.45, 2.75) is 65.7 Å². The Bertz CT molecular complexity index is 498.